The Kier molecular flexibility index (Phi) is 8.02. The van der Waals surface area contributed by atoms with Crippen LogP contribution in [0.25, 0.3) is 0 Å². The minimum absolute atomic E-state index is 0.000281. The highest BCUT2D eigenvalue weighted by atomic mass is 19.4. The number of alkyl halides is 6. The lowest BCUT2D eigenvalue weighted by molar-refractivity contribution is -0.162. The van der Waals surface area contributed by atoms with Gasteiger partial charge in [-0.2, -0.15) is 26.3 Å². The molecule has 222 valence electrons. The highest BCUT2D eigenvalue weighted by Crippen LogP contribution is 2.53. The molecule has 0 aromatic heterocycles. The van der Waals surface area contributed by atoms with Gasteiger partial charge in [0.15, 0.2) is 0 Å². The van der Waals surface area contributed by atoms with E-state index in [0.29, 0.717) is 19.0 Å². The Labute approximate surface area is 225 Å². The minimum atomic E-state index is -5.32. The summed E-state index contributed by atoms with van der Waals surface area (Å²) in [5, 5.41) is 22.8. The fourth-order valence-corrected chi connectivity index (χ4v) is 5.30. The maximum absolute atomic E-state index is 13.2. The zero-order chi connectivity index (χ0) is 29.6. The number of β-amino-alcohol motifs (C(OH)–C–C–N with tert-alkyl or cyclic N) is 1. The number of hydrogen-bond acceptors (Lipinski definition) is 5. The molecule has 0 unspecified atom stereocenters. The average molecular weight is 581 g/mol. The van der Waals surface area contributed by atoms with Crippen molar-refractivity contribution in [3.8, 4) is 0 Å². The Morgan fingerprint density at radius 3 is 2.27 bits per heavy atom. The number of nitrogens with zero attached hydrogens (tertiary/aromatic N) is 3. The van der Waals surface area contributed by atoms with Crippen molar-refractivity contribution < 1.29 is 50.9 Å². The van der Waals surface area contributed by atoms with Crippen molar-refractivity contribution in [2.24, 2.45) is 5.41 Å². The van der Waals surface area contributed by atoms with Gasteiger partial charge in [0.25, 0.3) is 5.91 Å². The molecule has 3 aliphatic rings. The van der Waals surface area contributed by atoms with Crippen LogP contribution in [0.1, 0.15) is 43.7 Å². The topological polar surface area (TPSA) is 113 Å². The summed E-state index contributed by atoms with van der Waals surface area (Å²) in [7, 11) is 0. The number of piperazine rings is 1. The third kappa shape index (κ3) is 6.14. The molecule has 2 heterocycles. The number of halogens is 6. The Bertz CT molecular complexity index is 1160. The van der Waals surface area contributed by atoms with Gasteiger partial charge in [-0.1, -0.05) is 0 Å². The van der Waals surface area contributed by atoms with Crippen molar-refractivity contribution in [2.75, 3.05) is 38.0 Å². The highest BCUT2D eigenvalue weighted by Gasteiger charge is 2.52. The molecule has 1 aromatic carbocycles. The standard InChI is InChI=1S/C25H30F6N4O5/c1-14-20(38)33(8-4-18(36)21(39)34-9-7-23(5-6-23)19(37)13-34)10-11-35(14)22(40)32-15-2-3-16(24(26,27)28)17(12-15)25(29,30)31/h2-3,12,14,18-19,36-37H,4-11,13H2,1H3,(H,32,40)/t14-,18+,19+/m0/s1. The second kappa shape index (κ2) is 10.7. The number of aliphatic hydroxyl groups is 2. The van der Waals surface area contributed by atoms with Crippen LogP contribution in [0.3, 0.4) is 0 Å². The van der Waals surface area contributed by atoms with E-state index in [1.165, 1.54) is 16.7 Å². The fourth-order valence-electron chi connectivity index (χ4n) is 5.30. The van der Waals surface area contributed by atoms with E-state index >= 15 is 0 Å². The number of carbonyl (C=O) groups is 3. The smallest absolute Gasteiger partial charge is 0.391 e. The second-order valence-electron chi connectivity index (χ2n) is 10.6. The predicted octanol–water partition coefficient (Wildman–Crippen LogP) is 2.91. The quantitative estimate of drug-likeness (QED) is 0.464. The number of rotatable bonds is 5. The lowest BCUT2D eigenvalue weighted by Gasteiger charge is -2.40. The molecule has 2 saturated heterocycles. The van der Waals surface area contributed by atoms with Gasteiger partial charge in [0.05, 0.1) is 17.2 Å². The zero-order valence-corrected chi connectivity index (χ0v) is 21.6. The van der Waals surface area contributed by atoms with E-state index in [9.17, 15) is 50.9 Å². The molecule has 4 amide bonds. The summed E-state index contributed by atoms with van der Waals surface area (Å²) in [6.45, 7) is 1.91. The molecule has 9 nitrogen and oxygen atoms in total. The molecule has 2 aliphatic heterocycles. The molecular weight excluding hydrogens is 550 g/mol. The maximum Gasteiger partial charge on any atom is 0.417 e. The van der Waals surface area contributed by atoms with E-state index in [2.05, 4.69) is 5.32 Å². The molecule has 3 atom stereocenters. The van der Waals surface area contributed by atoms with Crippen LogP contribution in [0.4, 0.5) is 36.8 Å². The number of piperidine rings is 1. The lowest BCUT2D eigenvalue weighted by atomic mass is 9.90. The SMILES string of the molecule is C[C@H]1C(=O)N(CC[C@@H](O)C(=O)N2CCC3(CC3)[C@H](O)C2)CCN1C(=O)Nc1ccc(C(F)(F)F)c(C(F)(F)F)c1. The molecule has 3 fully saturated rings. The third-order valence-electron chi connectivity index (χ3n) is 8.03. The largest absolute Gasteiger partial charge is 0.417 e. The number of urea groups is 1. The van der Waals surface area contributed by atoms with Crippen LogP contribution in [-0.2, 0) is 21.9 Å². The first-order valence-electron chi connectivity index (χ1n) is 12.8. The van der Waals surface area contributed by atoms with Crippen molar-refractivity contribution in [3.63, 3.8) is 0 Å². The number of aliphatic hydroxyl groups excluding tert-OH is 2. The van der Waals surface area contributed by atoms with Gasteiger partial charge in [-0.3, -0.25) is 9.59 Å². The number of anilines is 1. The molecule has 1 aromatic rings. The number of amides is 4. The minimum Gasteiger partial charge on any atom is -0.391 e. The molecule has 15 heteroatoms. The van der Waals surface area contributed by atoms with Crippen molar-refractivity contribution in [1.29, 1.82) is 0 Å². The Balaban J connectivity index is 1.31. The van der Waals surface area contributed by atoms with Crippen LogP contribution in [-0.4, -0.2) is 93.7 Å². The first kappa shape index (κ1) is 29.9. The molecule has 1 spiro atoms. The average Bonchev–Trinajstić information content (AvgIpc) is 3.65. The van der Waals surface area contributed by atoms with Gasteiger partial charge < -0.3 is 30.2 Å². The molecule has 0 bridgehead atoms. The van der Waals surface area contributed by atoms with E-state index in [1.807, 2.05) is 0 Å². The Morgan fingerprint density at radius 1 is 1.05 bits per heavy atom. The summed E-state index contributed by atoms with van der Waals surface area (Å²) in [4.78, 5) is 42.0. The summed E-state index contributed by atoms with van der Waals surface area (Å²) in [6.07, 6.45) is -10.2. The molecule has 1 aliphatic carbocycles. The molecule has 0 radical (unpaired) electrons. The number of hydrogen-bond donors (Lipinski definition) is 3. The van der Waals surface area contributed by atoms with Gasteiger partial charge >= 0.3 is 18.4 Å². The van der Waals surface area contributed by atoms with E-state index in [4.69, 9.17) is 0 Å². The van der Waals surface area contributed by atoms with Crippen LogP contribution in [0.5, 0.6) is 0 Å². The van der Waals surface area contributed by atoms with E-state index < -0.39 is 65.3 Å². The molecule has 3 N–H and O–H groups in total. The summed E-state index contributed by atoms with van der Waals surface area (Å²) >= 11 is 0. The number of likely N-dealkylation sites (tertiary alicyclic amines) is 1. The van der Waals surface area contributed by atoms with E-state index in [-0.39, 0.29) is 50.1 Å². The summed E-state index contributed by atoms with van der Waals surface area (Å²) in [5.41, 5.74) is -4.47. The van der Waals surface area contributed by atoms with Gasteiger partial charge in [0, 0.05) is 38.4 Å². The number of nitrogens with one attached hydrogen (secondary N) is 1. The van der Waals surface area contributed by atoms with Gasteiger partial charge in [-0.15, -0.1) is 0 Å². The Hall–Kier alpha value is -3.07. The Morgan fingerprint density at radius 2 is 1.70 bits per heavy atom. The first-order chi connectivity index (χ1) is 18.5. The summed E-state index contributed by atoms with van der Waals surface area (Å²) < 4.78 is 78.7. The summed E-state index contributed by atoms with van der Waals surface area (Å²) in [5.74, 6) is -1.07. The van der Waals surface area contributed by atoms with Crippen molar-refractivity contribution >= 4 is 23.5 Å². The zero-order valence-electron chi connectivity index (χ0n) is 21.6. The normalized spacial score (nSPS) is 23.8. The first-order valence-corrected chi connectivity index (χ1v) is 12.8. The van der Waals surface area contributed by atoms with Crippen molar-refractivity contribution in [1.82, 2.24) is 14.7 Å². The molecule has 40 heavy (non-hydrogen) atoms. The molecular formula is C25H30F6N4O5. The van der Waals surface area contributed by atoms with Crippen LogP contribution >= 0.6 is 0 Å². The molecule has 4 rings (SSSR count). The van der Waals surface area contributed by atoms with Crippen LogP contribution in [0, 0.1) is 5.41 Å². The lowest BCUT2D eigenvalue weighted by Crippen LogP contribution is -2.59. The predicted molar refractivity (Wildman–Crippen MR) is 128 cm³/mol. The van der Waals surface area contributed by atoms with Gasteiger partial charge in [-0.25, -0.2) is 4.79 Å². The monoisotopic (exact) mass is 580 g/mol. The number of carbonyl (C=O) groups excluding carboxylic acids is 3. The molecule has 1 saturated carbocycles. The van der Waals surface area contributed by atoms with Crippen molar-refractivity contribution in [2.45, 2.75) is 63.2 Å². The highest BCUT2D eigenvalue weighted by molar-refractivity contribution is 5.94. The van der Waals surface area contributed by atoms with Gasteiger partial charge in [0.2, 0.25) is 5.91 Å². The summed E-state index contributed by atoms with van der Waals surface area (Å²) in [6, 6.07) is -0.923. The van der Waals surface area contributed by atoms with Gasteiger partial charge in [0.1, 0.15) is 12.1 Å². The third-order valence-corrected chi connectivity index (χ3v) is 8.03. The fraction of sp³-hybridized carbons (Fsp3) is 0.640. The number of benzene rings is 1. The van der Waals surface area contributed by atoms with Crippen LogP contribution < -0.4 is 5.32 Å². The van der Waals surface area contributed by atoms with Crippen LogP contribution in [0.2, 0.25) is 0 Å². The van der Waals surface area contributed by atoms with Gasteiger partial charge in [-0.05, 0) is 56.2 Å². The van der Waals surface area contributed by atoms with E-state index in [0.717, 1.165) is 17.7 Å². The van der Waals surface area contributed by atoms with Crippen LogP contribution in [0.15, 0.2) is 18.2 Å². The van der Waals surface area contributed by atoms with E-state index in [1.54, 1.807) is 0 Å². The van der Waals surface area contributed by atoms with Crippen molar-refractivity contribution in [3.05, 3.63) is 29.3 Å². The maximum atomic E-state index is 13.2. The second-order valence-corrected chi connectivity index (χ2v) is 10.6.